The number of fused-ring (bicyclic) bond motifs is 1. The zero-order valence-electron chi connectivity index (χ0n) is 10.2. The van der Waals surface area contributed by atoms with E-state index in [1.807, 2.05) is 0 Å². The van der Waals surface area contributed by atoms with Crippen LogP contribution < -0.4 is 10.2 Å². The first-order valence-corrected chi connectivity index (χ1v) is 6.30. The zero-order chi connectivity index (χ0) is 11.7. The van der Waals surface area contributed by atoms with Crippen molar-refractivity contribution in [2.24, 2.45) is 0 Å². The van der Waals surface area contributed by atoms with Crippen LogP contribution in [0.5, 0.6) is 0 Å². The predicted octanol–water partition coefficient (Wildman–Crippen LogP) is 2.56. The van der Waals surface area contributed by atoms with Gasteiger partial charge in [-0.15, -0.1) is 0 Å². The molecular weight excluding hydrogens is 208 g/mol. The first-order chi connectivity index (χ1) is 8.36. The van der Waals surface area contributed by atoms with Crippen LogP contribution in [0.2, 0.25) is 0 Å². The van der Waals surface area contributed by atoms with Crippen molar-refractivity contribution in [3.05, 3.63) is 42.0 Å². The molecule has 3 rings (SSSR count). The average Bonchev–Trinajstić information content (AvgIpc) is 2.39. The molecule has 0 amide bonds. The van der Waals surface area contributed by atoms with Crippen molar-refractivity contribution >= 4 is 16.5 Å². The van der Waals surface area contributed by atoms with Gasteiger partial charge in [0.15, 0.2) is 0 Å². The number of nitrogens with one attached hydrogen (secondary N) is 1. The Balaban J connectivity index is 2.15. The minimum absolute atomic E-state index is 1.09. The molecule has 0 aromatic heterocycles. The Bertz CT molecular complexity index is 527. The molecule has 1 fully saturated rings. The van der Waals surface area contributed by atoms with Crippen molar-refractivity contribution in [3.8, 4) is 0 Å². The normalized spacial score (nSPS) is 16.4. The largest absolute Gasteiger partial charge is 0.368 e. The molecule has 0 radical (unpaired) electrons. The number of aryl methyl sites for hydroxylation is 1. The molecular formula is C15H18N2. The summed E-state index contributed by atoms with van der Waals surface area (Å²) in [6, 6.07) is 13.1. The van der Waals surface area contributed by atoms with Crippen LogP contribution in [-0.2, 0) is 0 Å². The molecule has 0 aliphatic carbocycles. The van der Waals surface area contributed by atoms with Gasteiger partial charge in [0.2, 0.25) is 0 Å². The van der Waals surface area contributed by atoms with Crippen LogP contribution in [0.4, 0.5) is 5.69 Å². The first kappa shape index (κ1) is 10.6. The Hall–Kier alpha value is -1.54. The SMILES string of the molecule is Cc1ccc2ccccc2c1N1CCNCC1. The Kier molecular flexibility index (Phi) is 2.73. The standard InChI is InChI=1S/C15H18N2/c1-12-6-7-13-4-2-3-5-14(13)15(12)17-10-8-16-9-11-17/h2-7,16H,8-11H2,1H3. The van der Waals surface area contributed by atoms with E-state index < -0.39 is 0 Å². The van der Waals surface area contributed by atoms with E-state index in [4.69, 9.17) is 0 Å². The third kappa shape index (κ3) is 1.89. The fourth-order valence-electron chi connectivity index (χ4n) is 2.67. The van der Waals surface area contributed by atoms with Gasteiger partial charge in [0.1, 0.15) is 0 Å². The van der Waals surface area contributed by atoms with Crippen LogP contribution in [0.25, 0.3) is 10.8 Å². The highest BCUT2D eigenvalue weighted by atomic mass is 15.2. The fraction of sp³-hybridized carbons (Fsp3) is 0.333. The summed E-state index contributed by atoms with van der Waals surface area (Å²) in [5.74, 6) is 0. The minimum Gasteiger partial charge on any atom is -0.368 e. The number of hydrogen-bond donors (Lipinski definition) is 1. The molecule has 1 N–H and O–H groups in total. The van der Waals surface area contributed by atoms with Crippen LogP contribution in [0.3, 0.4) is 0 Å². The van der Waals surface area contributed by atoms with E-state index in [-0.39, 0.29) is 0 Å². The second-order valence-electron chi connectivity index (χ2n) is 4.69. The van der Waals surface area contributed by atoms with Crippen molar-refractivity contribution in [3.63, 3.8) is 0 Å². The number of piperazine rings is 1. The Morgan fingerprint density at radius 1 is 1.00 bits per heavy atom. The van der Waals surface area contributed by atoms with E-state index in [1.54, 1.807) is 0 Å². The lowest BCUT2D eigenvalue weighted by molar-refractivity contribution is 0.589. The van der Waals surface area contributed by atoms with E-state index in [1.165, 1.54) is 22.0 Å². The van der Waals surface area contributed by atoms with E-state index in [9.17, 15) is 0 Å². The molecule has 0 bridgehead atoms. The first-order valence-electron chi connectivity index (χ1n) is 6.30. The van der Waals surface area contributed by atoms with Crippen LogP contribution >= 0.6 is 0 Å². The third-order valence-electron chi connectivity index (χ3n) is 3.54. The molecule has 2 aromatic rings. The highest BCUT2D eigenvalue weighted by Gasteiger charge is 2.14. The van der Waals surface area contributed by atoms with Gasteiger partial charge in [0.25, 0.3) is 0 Å². The van der Waals surface area contributed by atoms with E-state index in [0.717, 1.165) is 26.2 Å². The monoisotopic (exact) mass is 226 g/mol. The van der Waals surface area contributed by atoms with E-state index >= 15 is 0 Å². The van der Waals surface area contributed by atoms with Gasteiger partial charge in [-0.05, 0) is 17.9 Å². The van der Waals surface area contributed by atoms with Gasteiger partial charge in [0, 0.05) is 37.3 Å². The summed E-state index contributed by atoms with van der Waals surface area (Å²) in [4.78, 5) is 2.51. The zero-order valence-corrected chi connectivity index (χ0v) is 10.2. The smallest absolute Gasteiger partial charge is 0.0476 e. The van der Waals surface area contributed by atoms with Crippen molar-refractivity contribution < 1.29 is 0 Å². The molecule has 17 heavy (non-hydrogen) atoms. The number of rotatable bonds is 1. The maximum absolute atomic E-state index is 3.41. The molecule has 0 spiro atoms. The topological polar surface area (TPSA) is 15.3 Å². The lowest BCUT2D eigenvalue weighted by Gasteiger charge is -2.31. The van der Waals surface area contributed by atoms with Crippen molar-refractivity contribution in [2.75, 3.05) is 31.1 Å². The van der Waals surface area contributed by atoms with Crippen molar-refractivity contribution in [2.45, 2.75) is 6.92 Å². The molecule has 88 valence electrons. The highest BCUT2D eigenvalue weighted by Crippen LogP contribution is 2.30. The van der Waals surface area contributed by atoms with Gasteiger partial charge in [-0.1, -0.05) is 36.4 Å². The number of benzene rings is 2. The van der Waals surface area contributed by atoms with Gasteiger partial charge >= 0.3 is 0 Å². The number of anilines is 1. The third-order valence-corrected chi connectivity index (χ3v) is 3.54. The van der Waals surface area contributed by atoms with Crippen molar-refractivity contribution in [1.29, 1.82) is 0 Å². The maximum atomic E-state index is 3.41. The van der Waals surface area contributed by atoms with Gasteiger partial charge in [-0.2, -0.15) is 0 Å². The number of hydrogen-bond acceptors (Lipinski definition) is 2. The molecule has 0 unspecified atom stereocenters. The maximum Gasteiger partial charge on any atom is 0.0476 e. The molecule has 2 aromatic carbocycles. The molecule has 0 atom stereocenters. The van der Waals surface area contributed by atoms with Crippen molar-refractivity contribution in [1.82, 2.24) is 5.32 Å². The van der Waals surface area contributed by atoms with E-state index in [0.29, 0.717) is 0 Å². The summed E-state index contributed by atoms with van der Waals surface area (Å²) in [7, 11) is 0. The fourth-order valence-corrected chi connectivity index (χ4v) is 2.67. The summed E-state index contributed by atoms with van der Waals surface area (Å²) in [6.45, 7) is 6.60. The van der Waals surface area contributed by atoms with Crippen LogP contribution in [-0.4, -0.2) is 26.2 Å². The van der Waals surface area contributed by atoms with E-state index in [2.05, 4.69) is 53.5 Å². The molecule has 1 saturated heterocycles. The second-order valence-corrected chi connectivity index (χ2v) is 4.69. The molecule has 0 saturated carbocycles. The summed E-state index contributed by atoms with van der Waals surface area (Å²) in [5.41, 5.74) is 2.80. The summed E-state index contributed by atoms with van der Waals surface area (Å²) >= 11 is 0. The van der Waals surface area contributed by atoms with Crippen LogP contribution in [0.15, 0.2) is 36.4 Å². The molecule has 1 heterocycles. The molecule has 2 nitrogen and oxygen atoms in total. The quantitative estimate of drug-likeness (QED) is 0.804. The minimum atomic E-state index is 1.09. The lowest BCUT2D eigenvalue weighted by atomic mass is 10.0. The molecule has 2 heteroatoms. The number of nitrogens with zero attached hydrogens (tertiary/aromatic N) is 1. The highest BCUT2D eigenvalue weighted by molar-refractivity contribution is 5.96. The molecule has 1 aliphatic rings. The molecule has 1 aliphatic heterocycles. The Morgan fingerprint density at radius 2 is 1.76 bits per heavy atom. The van der Waals surface area contributed by atoms with Gasteiger partial charge in [-0.25, -0.2) is 0 Å². The second kappa shape index (κ2) is 4.38. The Labute approximate surface area is 102 Å². The van der Waals surface area contributed by atoms with Gasteiger partial charge in [-0.3, -0.25) is 0 Å². The van der Waals surface area contributed by atoms with Gasteiger partial charge in [0.05, 0.1) is 0 Å². The summed E-state index contributed by atoms with van der Waals surface area (Å²) < 4.78 is 0. The summed E-state index contributed by atoms with van der Waals surface area (Å²) in [6.07, 6.45) is 0. The summed E-state index contributed by atoms with van der Waals surface area (Å²) in [5, 5.41) is 6.13. The Morgan fingerprint density at radius 3 is 2.59 bits per heavy atom. The predicted molar refractivity (Wildman–Crippen MR) is 73.8 cm³/mol. The van der Waals surface area contributed by atoms with Crippen LogP contribution in [0.1, 0.15) is 5.56 Å². The van der Waals surface area contributed by atoms with Crippen LogP contribution in [0, 0.1) is 6.92 Å². The average molecular weight is 226 g/mol. The van der Waals surface area contributed by atoms with Gasteiger partial charge < -0.3 is 10.2 Å². The lowest BCUT2D eigenvalue weighted by Crippen LogP contribution is -2.43.